The fourth-order valence-corrected chi connectivity index (χ4v) is 10.1. The molecule has 3 aliphatic carbocycles. The summed E-state index contributed by atoms with van der Waals surface area (Å²) in [7, 11) is 6.08. The first kappa shape index (κ1) is 31.5. The average Bonchev–Trinajstić information content (AvgIpc) is 3.61. The molecule has 4 heterocycles. The van der Waals surface area contributed by atoms with E-state index in [1.165, 1.54) is 23.3 Å². The zero-order valence-electron chi connectivity index (χ0n) is 27.9. The summed E-state index contributed by atoms with van der Waals surface area (Å²) in [6.07, 6.45) is 7.59. The first-order valence-electron chi connectivity index (χ1n) is 16.9. The molecule has 2 aliphatic heterocycles. The van der Waals surface area contributed by atoms with Gasteiger partial charge in [0, 0.05) is 66.9 Å². The van der Waals surface area contributed by atoms with Crippen LogP contribution in [-0.4, -0.2) is 96.7 Å². The van der Waals surface area contributed by atoms with Gasteiger partial charge in [-0.25, -0.2) is 9.37 Å². The van der Waals surface area contributed by atoms with Crippen molar-refractivity contribution in [2.75, 3.05) is 58.0 Å². The third-order valence-electron chi connectivity index (χ3n) is 11.6. The van der Waals surface area contributed by atoms with Crippen LogP contribution in [0.15, 0.2) is 16.6 Å². The van der Waals surface area contributed by atoms with Crippen LogP contribution in [0.4, 0.5) is 15.2 Å². The van der Waals surface area contributed by atoms with E-state index in [1.54, 1.807) is 11.3 Å². The van der Waals surface area contributed by atoms with Crippen molar-refractivity contribution in [2.45, 2.75) is 101 Å². The predicted octanol–water partition coefficient (Wildman–Crippen LogP) is 5.39. The van der Waals surface area contributed by atoms with Crippen molar-refractivity contribution in [1.29, 1.82) is 5.26 Å². The highest BCUT2D eigenvalue weighted by atomic mass is 32.1. The first-order chi connectivity index (χ1) is 22.1. The van der Waals surface area contributed by atoms with Crippen LogP contribution in [0.1, 0.15) is 87.0 Å². The Kier molecular flexibility index (Phi) is 8.13. The Morgan fingerprint density at radius 2 is 1.96 bits per heavy atom. The van der Waals surface area contributed by atoms with E-state index in [9.17, 15) is 9.65 Å². The van der Waals surface area contributed by atoms with Crippen molar-refractivity contribution in [3.05, 3.63) is 33.5 Å². The van der Waals surface area contributed by atoms with E-state index in [0.717, 1.165) is 80.8 Å². The minimum atomic E-state index is -0.838. The second-order valence-corrected chi connectivity index (χ2v) is 15.5. The van der Waals surface area contributed by atoms with Gasteiger partial charge in [0.25, 0.3) is 0 Å². The fraction of sp³-hybridized carbons (Fsp3) is 0.657. The Morgan fingerprint density at radius 1 is 1.20 bits per heavy atom. The minimum Gasteiger partial charge on any atom is -0.473 e. The molecule has 0 radical (unpaired) electrons. The van der Waals surface area contributed by atoms with Crippen LogP contribution < -0.4 is 15.4 Å². The zero-order chi connectivity index (χ0) is 32.4. The van der Waals surface area contributed by atoms with Crippen molar-refractivity contribution in [3.63, 3.8) is 0 Å². The Morgan fingerprint density at radius 3 is 2.63 bits per heavy atom. The summed E-state index contributed by atoms with van der Waals surface area (Å²) in [5.41, 5.74) is 11.3. The number of likely N-dealkylation sites (N-methyl/N-ethyl adjacent to an activating group) is 2. The Hall–Kier alpha value is -3.07. The number of rotatable bonds is 5. The predicted molar refractivity (Wildman–Crippen MR) is 183 cm³/mol. The normalized spacial score (nSPS) is 30.5. The number of anilines is 2. The van der Waals surface area contributed by atoms with Gasteiger partial charge < -0.3 is 15.4 Å². The highest BCUT2D eigenvalue weighted by molar-refractivity contribution is 7.16. The molecule has 0 unspecified atom stereocenters. The van der Waals surface area contributed by atoms with E-state index in [0.29, 0.717) is 35.2 Å². The van der Waals surface area contributed by atoms with Crippen molar-refractivity contribution in [3.8, 4) is 11.9 Å². The number of aliphatic imine (C=N–C) groups is 1. The van der Waals surface area contributed by atoms with Gasteiger partial charge in [-0.05, 0) is 102 Å². The number of aryl methyl sites for hydroxylation is 1. The molecule has 2 aromatic rings. The summed E-state index contributed by atoms with van der Waals surface area (Å²) >= 11 is 1.58. The molecule has 2 saturated heterocycles. The minimum absolute atomic E-state index is 0.0143. The molecule has 0 aromatic carbocycles. The summed E-state index contributed by atoms with van der Waals surface area (Å²) in [4.78, 5) is 23.4. The standard InChI is InChI=1S/C35H47FN8OS/c1-21(24-8-6-10-35(31(24)39-3)11-7-9-27-30(35)25(18-37)32(38)46-27)33-40-28(44-15-14-43(5)34(20-44)12-13-34)17-29(41-33)45-22(2)26-16-23(36)19-42(26)4/h17,22-23,26H,6-16,19-20,38H2,1-5H3/b24-21+,39-31+/t22-,23+,26-,35-/m0/s1. The maximum absolute atomic E-state index is 14.3. The van der Waals surface area contributed by atoms with E-state index in [-0.39, 0.29) is 23.1 Å². The van der Waals surface area contributed by atoms with E-state index < -0.39 is 6.17 Å². The number of alkyl halides is 1. The number of piperazine rings is 1. The van der Waals surface area contributed by atoms with Gasteiger partial charge in [-0.3, -0.25) is 14.8 Å². The number of allylic oxidation sites excluding steroid dienone is 2. The van der Waals surface area contributed by atoms with Crippen LogP contribution in [0.25, 0.3) is 5.57 Å². The molecule has 46 heavy (non-hydrogen) atoms. The van der Waals surface area contributed by atoms with Gasteiger partial charge in [0.1, 0.15) is 29.2 Å². The van der Waals surface area contributed by atoms with Crippen molar-refractivity contribution < 1.29 is 9.13 Å². The second kappa shape index (κ2) is 11.9. The molecule has 11 heteroatoms. The monoisotopic (exact) mass is 646 g/mol. The number of aromatic nitrogens is 2. The largest absolute Gasteiger partial charge is 0.473 e. The van der Waals surface area contributed by atoms with Crippen molar-refractivity contribution in [1.82, 2.24) is 19.8 Å². The summed E-state index contributed by atoms with van der Waals surface area (Å²) in [5, 5.41) is 10.8. The number of ether oxygens (including phenoxy) is 1. The van der Waals surface area contributed by atoms with Crippen molar-refractivity contribution >= 4 is 33.4 Å². The van der Waals surface area contributed by atoms with Crippen LogP contribution >= 0.6 is 11.3 Å². The van der Waals surface area contributed by atoms with Gasteiger partial charge >= 0.3 is 0 Å². The molecule has 7 rings (SSSR count). The number of hydrogen-bond donors (Lipinski definition) is 1. The molecule has 9 nitrogen and oxygen atoms in total. The van der Waals surface area contributed by atoms with Crippen LogP contribution in [0.5, 0.6) is 5.88 Å². The number of likely N-dealkylation sites (tertiary alicyclic amines) is 1. The van der Waals surface area contributed by atoms with E-state index >= 15 is 0 Å². The van der Waals surface area contributed by atoms with Gasteiger partial charge in [-0.15, -0.1) is 11.3 Å². The number of halogens is 1. The van der Waals surface area contributed by atoms with Gasteiger partial charge in [0.2, 0.25) is 5.88 Å². The lowest BCUT2D eigenvalue weighted by molar-refractivity contribution is 0.116. The van der Waals surface area contributed by atoms with Crippen LogP contribution in [0, 0.1) is 11.3 Å². The molecule has 4 atom stereocenters. The summed E-state index contributed by atoms with van der Waals surface area (Å²) < 4.78 is 20.9. The molecular weight excluding hydrogens is 600 g/mol. The fourth-order valence-electron chi connectivity index (χ4n) is 8.92. The maximum atomic E-state index is 14.3. The lowest BCUT2D eigenvalue weighted by Gasteiger charge is -2.43. The number of nitrogens with zero attached hydrogens (tertiary/aromatic N) is 7. The molecule has 0 bridgehead atoms. The molecule has 2 N–H and O–H groups in total. The molecule has 2 spiro atoms. The van der Waals surface area contributed by atoms with Gasteiger partial charge in [-0.1, -0.05) is 0 Å². The molecule has 4 fully saturated rings. The lowest BCUT2D eigenvalue weighted by Crippen LogP contribution is -2.53. The van der Waals surface area contributed by atoms with Gasteiger partial charge in [0.15, 0.2) is 5.82 Å². The molecule has 5 aliphatic rings. The Balaban J connectivity index is 1.30. The molecule has 2 aromatic heterocycles. The molecular formula is C35H47FN8OS. The summed E-state index contributed by atoms with van der Waals surface area (Å²) in [6.45, 7) is 7.38. The quantitative estimate of drug-likeness (QED) is 0.461. The van der Waals surface area contributed by atoms with Gasteiger partial charge in [0.05, 0.1) is 5.56 Å². The van der Waals surface area contributed by atoms with E-state index in [2.05, 4.69) is 34.7 Å². The number of hydrogen-bond acceptors (Lipinski definition) is 10. The SMILES string of the molecule is C/N=C1\C(=C(/C)c2nc(O[C@@H](C)[C@@H]3C[C@@H](F)CN3C)cc(N3CCN(C)C4(CC4)C3)n2)CCC[C@@]12CCCc1sc(N)c(C#N)c12. The highest BCUT2D eigenvalue weighted by Crippen LogP contribution is 2.53. The smallest absolute Gasteiger partial charge is 0.219 e. The lowest BCUT2D eigenvalue weighted by atomic mass is 9.60. The molecule has 0 amide bonds. The number of fused-ring (bicyclic) bond motifs is 2. The number of nitrogen functional groups attached to an aromatic ring is 1. The number of thiophene rings is 1. The third-order valence-corrected chi connectivity index (χ3v) is 12.7. The third kappa shape index (κ3) is 5.21. The first-order valence-corrected chi connectivity index (χ1v) is 17.8. The van der Waals surface area contributed by atoms with Crippen LogP contribution in [-0.2, 0) is 11.8 Å². The van der Waals surface area contributed by atoms with Crippen molar-refractivity contribution in [2.24, 2.45) is 4.99 Å². The molecule has 2 saturated carbocycles. The van der Waals surface area contributed by atoms with E-state index in [4.69, 9.17) is 25.4 Å². The molecule has 246 valence electrons. The number of nitriles is 1. The highest BCUT2D eigenvalue weighted by Gasteiger charge is 2.50. The van der Waals surface area contributed by atoms with Crippen LogP contribution in [0.2, 0.25) is 0 Å². The topological polar surface area (TPSA) is 107 Å². The summed E-state index contributed by atoms with van der Waals surface area (Å²) in [6, 6.07) is 4.42. The average molecular weight is 647 g/mol. The maximum Gasteiger partial charge on any atom is 0.219 e. The van der Waals surface area contributed by atoms with Crippen LogP contribution in [0.3, 0.4) is 0 Å². The zero-order valence-corrected chi connectivity index (χ0v) is 28.7. The Labute approximate surface area is 276 Å². The van der Waals surface area contributed by atoms with E-state index in [1.807, 2.05) is 27.1 Å². The Bertz CT molecular complexity index is 1620. The number of nitrogens with two attached hydrogens (primary N) is 1. The second-order valence-electron chi connectivity index (χ2n) is 14.3. The summed E-state index contributed by atoms with van der Waals surface area (Å²) in [5.74, 6) is 2.07. The van der Waals surface area contributed by atoms with Gasteiger partial charge in [-0.2, -0.15) is 10.2 Å².